The highest BCUT2D eigenvalue weighted by Gasteiger charge is 2.41. The SMILES string of the molecule is CC(=O)[C@@H]1C[C@@H]2CCCCC2N1C. The molecule has 2 heteroatoms. The fourth-order valence-corrected chi connectivity index (χ4v) is 3.14. The van der Waals surface area contributed by atoms with E-state index < -0.39 is 0 Å². The number of hydrogen-bond acceptors (Lipinski definition) is 2. The zero-order valence-corrected chi connectivity index (χ0v) is 8.62. The highest BCUT2D eigenvalue weighted by atomic mass is 16.1. The van der Waals surface area contributed by atoms with Crippen LogP contribution in [0.1, 0.15) is 39.0 Å². The van der Waals surface area contributed by atoms with Crippen molar-refractivity contribution in [1.82, 2.24) is 4.90 Å². The van der Waals surface area contributed by atoms with E-state index in [-0.39, 0.29) is 6.04 Å². The number of Topliss-reactive ketones (excluding diaryl/α,β-unsaturated/α-hetero) is 1. The van der Waals surface area contributed by atoms with Crippen LogP contribution in [0.5, 0.6) is 0 Å². The molecule has 3 atom stereocenters. The Hall–Kier alpha value is -0.370. The van der Waals surface area contributed by atoms with Crippen molar-refractivity contribution >= 4 is 5.78 Å². The van der Waals surface area contributed by atoms with Gasteiger partial charge in [0, 0.05) is 6.04 Å². The van der Waals surface area contributed by atoms with Gasteiger partial charge in [-0.2, -0.15) is 0 Å². The first kappa shape index (κ1) is 9.20. The Morgan fingerprint density at radius 1 is 1.31 bits per heavy atom. The molecule has 1 aliphatic carbocycles. The number of likely N-dealkylation sites (N-methyl/N-ethyl adjacent to an activating group) is 1. The molecule has 1 heterocycles. The Morgan fingerprint density at radius 3 is 2.62 bits per heavy atom. The van der Waals surface area contributed by atoms with Crippen LogP contribution in [0.15, 0.2) is 0 Å². The van der Waals surface area contributed by atoms with Crippen molar-refractivity contribution in [2.75, 3.05) is 7.05 Å². The third kappa shape index (κ3) is 1.52. The number of nitrogens with zero attached hydrogens (tertiary/aromatic N) is 1. The second-order valence-corrected chi connectivity index (χ2v) is 4.64. The Morgan fingerprint density at radius 2 is 2.00 bits per heavy atom. The molecule has 1 aliphatic heterocycles. The van der Waals surface area contributed by atoms with Gasteiger partial charge in [0.25, 0.3) is 0 Å². The van der Waals surface area contributed by atoms with Crippen molar-refractivity contribution in [3.05, 3.63) is 0 Å². The van der Waals surface area contributed by atoms with E-state index in [0.29, 0.717) is 11.8 Å². The summed E-state index contributed by atoms with van der Waals surface area (Å²) in [4.78, 5) is 13.7. The van der Waals surface area contributed by atoms with E-state index in [2.05, 4.69) is 11.9 Å². The lowest BCUT2D eigenvalue weighted by molar-refractivity contribution is -0.121. The molecule has 0 aromatic rings. The fraction of sp³-hybridized carbons (Fsp3) is 0.909. The van der Waals surface area contributed by atoms with Gasteiger partial charge < -0.3 is 0 Å². The van der Waals surface area contributed by atoms with E-state index in [0.717, 1.165) is 12.3 Å². The molecular formula is C11H19NO. The summed E-state index contributed by atoms with van der Waals surface area (Å²) in [5, 5.41) is 0. The number of rotatable bonds is 1. The molecule has 2 aliphatic rings. The molecule has 0 N–H and O–H groups in total. The predicted octanol–water partition coefficient (Wildman–Crippen LogP) is 1.84. The molecule has 1 saturated carbocycles. The number of carbonyl (C=O) groups is 1. The first-order valence-electron chi connectivity index (χ1n) is 5.42. The maximum absolute atomic E-state index is 11.4. The van der Waals surface area contributed by atoms with Crippen molar-refractivity contribution < 1.29 is 4.79 Å². The van der Waals surface area contributed by atoms with Crippen LogP contribution in [0.4, 0.5) is 0 Å². The number of fused-ring (bicyclic) bond motifs is 1. The lowest BCUT2D eigenvalue weighted by atomic mass is 9.84. The molecule has 2 rings (SSSR count). The van der Waals surface area contributed by atoms with Gasteiger partial charge in [0.05, 0.1) is 6.04 Å². The summed E-state index contributed by atoms with van der Waals surface area (Å²) < 4.78 is 0. The highest BCUT2D eigenvalue weighted by Crippen LogP contribution is 2.38. The molecule has 1 unspecified atom stereocenters. The van der Waals surface area contributed by atoms with Crippen LogP contribution in [-0.2, 0) is 4.79 Å². The zero-order chi connectivity index (χ0) is 9.42. The van der Waals surface area contributed by atoms with Crippen molar-refractivity contribution in [2.45, 2.75) is 51.1 Å². The van der Waals surface area contributed by atoms with Gasteiger partial charge in [-0.15, -0.1) is 0 Å². The maximum Gasteiger partial charge on any atom is 0.146 e. The van der Waals surface area contributed by atoms with E-state index in [1.807, 2.05) is 0 Å². The van der Waals surface area contributed by atoms with Crippen LogP contribution in [0, 0.1) is 5.92 Å². The van der Waals surface area contributed by atoms with Crippen LogP contribution in [0.3, 0.4) is 0 Å². The van der Waals surface area contributed by atoms with E-state index in [1.54, 1.807) is 6.92 Å². The largest absolute Gasteiger partial charge is 0.298 e. The summed E-state index contributed by atoms with van der Waals surface area (Å²) in [6.45, 7) is 1.73. The van der Waals surface area contributed by atoms with Gasteiger partial charge in [0.15, 0.2) is 0 Å². The third-order valence-electron chi connectivity index (χ3n) is 3.88. The molecule has 0 bridgehead atoms. The first-order valence-corrected chi connectivity index (χ1v) is 5.42. The fourth-order valence-electron chi connectivity index (χ4n) is 3.14. The van der Waals surface area contributed by atoms with Gasteiger partial charge in [0.1, 0.15) is 5.78 Å². The number of hydrogen-bond donors (Lipinski definition) is 0. The van der Waals surface area contributed by atoms with E-state index in [1.165, 1.54) is 25.7 Å². The van der Waals surface area contributed by atoms with Gasteiger partial charge in [-0.3, -0.25) is 9.69 Å². The van der Waals surface area contributed by atoms with Crippen LogP contribution in [-0.4, -0.2) is 29.8 Å². The van der Waals surface area contributed by atoms with Crippen molar-refractivity contribution in [2.24, 2.45) is 5.92 Å². The van der Waals surface area contributed by atoms with Gasteiger partial charge in [0.2, 0.25) is 0 Å². The van der Waals surface area contributed by atoms with Crippen molar-refractivity contribution in [3.63, 3.8) is 0 Å². The summed E-state index contributed by atoms with van der Waals surface area (Å²) in [5.74, 6) is 1.17. The molecule has 0 spiro atoms. The molecule has 0 aromatic carbocycles. The Balaban J connectivity index is 2.09. The maximum atomic E-state index is 11.4. The topological polar surface area (TPSA) is 20.3 Å². The summed E-state index contributed by atoms with van der Waals surface area (Å²) in [6, 6.07) is 0.941. The summed E-state index contributed by atoms with van der Waals surface area (Å²) in [7, 11) is 2.13. The van der Waals surface area contributed by atoms with Crippen LogP contribution in [0.2, 0.25) is 0 Å². The predicted molar refractivity (Wildman–Crippen MR) is 52.6 cm³/mol. The molecule has 0 amide bonds. The van der Waals surface area contributed by atoms with Gasteiger partial charge in [-0.1, -0.05) is 12.8 Å². The summed E-state index contributed by atoms with van der Waals surface area (Å²) >= 11 is 0. The monoisotopic (exact) mass is 181 g/mol. The molecule has 2 nitrogen and oxygen atoms in total. The van der Waals surface area contributed by atoms with Gasteiger partial charge in [-0.25, -0.2) is 0 Å². The van der Waals surface area contributed by atoms with Crippen LogP contribution < -0.4 is 0 Å². The lowest BCUT2D eigenvalue weighted by Gasteiger charge is -2.30. The first-order chi connectivity index (χ1) is 6.20. The molecular weight excluding hydrogens is 162 g/mol. The van der Waals surface area contributed by atoms with Gasteiger partial charge >= 0.3 is 0 Å². The minimum Gasteiger partial charge on any atom is -0.298 e. The average molecular weight is 181 g/mol. The van der Waals surface area contributed by atoms with Crippen LogP contribution >= 0.6 is 0 Å². The normalized spacial score (nSPS) is 40.3. The highest BCUT2D eigenvalue weighted by molar-refractivity contribution is 5.81. The second kappa shape index (κ2) is 3.41. The van der Waals surface area contributed by atoms with E-state index in [4.69, 9.17) is 0 Å². The molecule has 0 radical (unpaired) electrons. The Bertz CT molecular complexity index is 214. The molecule has 74 valence electrons. The number of ketones is 1. The quantitative estimate of drug-likeness (QED) is 0.615. The number of likely N-dealkylation sites (tertiary alicyclic amines) is 1. The molecule has 1 saturated heterocycles. The van der Waals surface area contributed by atoms with Crippen molar-refractivity contribution in [1.29, 1.82) is 0 Å². The summed E-state index contributed by atoms with van der Waals surface area (Å²) in [6.07, 6.45) is 6.51. The minimum absolute atomic E-state index is 0.230. The number of carbonyl (C=O) groups excluding carboxylic acids is 1. The standard InChI is InChI=1S/C11H19NO/c1-8(13)11-7-9-5-3-4-6-10(9)12(11)2/h9-11H,3-7H2,1-2H3/t9-,10?,11-/m0/s1. The molecule has 2 fully saturated rings. The minimum atomic E-state index is 0.230. The van der Waals surface area contributed by atoms with Gasteiger partial charge in [-0.05, 0) is 39.2 Å². The molecule has 13 heavy (non-hydrogen) atoms. The average Bonchev–Trinajstić information content (AvgIpc) is 2.45. The Kier molecular flexibility index (Phi) is 2.41. The smallest absolute Gasteiger partial charge is 0.146 e. The Labute approximate surface area is 80.3 Å². The van der Waals surface area contributed by atoms with Crippen LogP contribution in [0.25, 0.3) is 0 Å². The molecule has 0 aromatic heterocycles. The lowest BCUT2D eigenvalue weighted by Crippen LogP contribution is -2.38. The van der Waals surface area contributed by atoms with E-state index in [9.17, 15) is 4.79 Å². The summed E-state index contributed by atoms with van der Waals surface area (Å²) in [5.41, 5.74) is 0. The van der Waals surface area contributed by atoms with E-state index >= 15 is 0 Å². The zero-order valence-electron chi connectivity index (χ0n) is 8.62. The third-order valence-corrected chi connectivity index (χ3v) is 3.88. The van der Waals surface area contributed by atoms with Crippen molar-refractivity contribution in [3.8, 4) is 0 Å². The second-order valence-electron chi connectivity index (χ2n) is 4.64.